The molecule has 0 unspecified atom stereocenters. The molecule has 0 spiro atoms. The fourth-order valence-electron chi connectivity index (χ4n) is 3.96. The molecule has 0 saturated carbocycles. The molecule has 0 radical (unpaired) electrons. The number of hydrogen-bond donors (Lipinski definition) is 1. The van der Waals surface area contributed by atoms with Gasteiger partial charge in [-0.05, 0) is 48.7 Å². The molecule has 3 aromatic rings. The summed E-state index contributed by atoms with van der Waals surface area (Å²) in [6.45, 7) is 4.17. The average molecular weight is 557 g/mol. The SMILES string of the molecule is CC[C@@H](C)NC(=O)[C@@H](Cc1ccccc1)N(Cc1cccc(OC)c1)C(=O)CSCc1c(F)cccc1Cl. The van der Waals surface area contributed by atoms with Gasteiger partial charge in [0, 0.05) is 35.3 Å². The molecule has 1 N–H and O–H groups in total. The number of carbonyl (C=O) groups excluding carboxylic acids is 2. The monoisotopic (exact) mass is 556 g/mol. The quantitative estimate of drug-likeness (QED) is 0.269. The van der Waals surface area contributed by atoms with Crippen molar-refractivity contribution in [3.63, 3.8) is 0 Å². The maximum absolute atomic E-state index is 14.3. The van der Waals surface area contributed by atoms with Gasteiger partial charge in [-0.25, -0.2) is 4.39 Å². The van der Waals surface area contributed by atoms with E-state index in [4.69, 9.17) is 16.3 Å². The Labute approximate surface area is 233 Å². The van der Waals surface area contributed by atoms with E-state index in [2.05, 4.69) is 5.32 Å². The van der Waals surface area contributed by atoms with Crippen molar-refractivity contribution in [1.29, 1.82) is 0 Å². The fourth-order valence-corrected chi connectivity index (χ4v) is 5.21. The minimum absolute atomic E-state index is 0.0351. The van der Waals surface area contributed by atoms with Gasteiger partial charge in [0.25, 0.3) is 0 Å². The first-order valence-electron chi connectivity index (χ1n) is 12.6. The lowest BCUT2D eigenvalue weighted by atomic mass is 10.0. The van der Waals surface area contributed by atoms with E-state index >= 15 is 0 Å². The molecule has 3 aromatic carbocycles. The zero-order valence-electron chi connectivity index (χ0n) is 22.0. The second-order valence-electron chi connectivity index (χ2n) is 9.09. The van der Waals surface area contributed by atoms with E-state index in [1.807, 2.05) is 68.4 Å². The second kappa shape index (κ2) is 14.8. The molecule has 0 aromatic heterocycles. The average Bonchev–Trinajstić information content (AvgIpc) is 2.92. The number of rotatable bonds is 13. The van der Waals surface area contributed by atoms with Crippen molar-refractivity contribution in [2.75, 3.05) is 12.9 Å². The lowest BCUT2D eigenvalue weighted by Gasteiger charge is -2.32. The fraction of sp³-hybridized carbons (Fsp3) is 0.333. The van der Waals surface area contributed by atoms with Gasteiger partial charge in [-0.2, -0.15) is 0 Å². The van der Waals surface area contributed by atoms with E-state index in [1.54, 1.807) is 24.1 Å². The highest BCUT2D eigenvalue weighted by atomic mass is 35.5. The van der Waals surface area contributed by atoms with Gasteiger partial charge >= 0.3 is 0 Å². The number of carbonyl (C=O) groups is 2. The second-order valence-corrected chi connectivity index (χ2v) is 10.5. The Balaban J connectivity index is 1.89. The number of ether oxygens (including phenoxy) is 1. The summed E-state index contributed by atoms with van der Waals surface area (Å²) in [7, 11) is 1.59. The number of hydrogen-bond acceptors (Lipinski definition) is 4. The highest BCUT2D eigenvalue weighted by molar-refractivity contribution is 7.99. The van der Waals surface area contributed by atoms with Crippen LogP contribution in [0.1, 0.15) is 37.0 Å². The van der Waals surface area contributed by atoms with Crippen LogP contribution in [0.4, 0.5) is 4.39 Å². The van der Waals surface area contributed by atoms with Crippen LogP contribution in [0.3, 0.4) is 0 Å². The van der Waals surface area contributed by atoms with E-state index < -0.39 is 11.9 Å². The Morgan fingerprint density at radius 3 is 2.45 bits per heavy atom. The van der Waals surface area contributed by atoms with Crippen molar-refractivity contribution in [2.24, 2.45) is 0 Å². The van der Waals surface area contributed by atoms with Gasteiger partial charge in [0.1, 0.15) is 17.6 Å². The van der Waals surface area contributed by atoms with E-state index in [-0.39, 0.29) is 35.9 Å². The molecule has 38 heavy (non-hydrogen) atoms. The van der Waals surface area contributed by atoms with E-state index in [0.29, 0.717) is 22.8 Å². The summed E-state index contributed by atoms with van der Waals surface area (Å²) < 4.78 is 19.6. The third-order valence-electron chi connectivity index (χ3n) is 6.29. The highest BCUT2D eigenvalue weighted by Crippen LogP contribution is 2.25. The number of benzene rings is 3. The van der Waals surface area contributed by atoms with Crippen LogP contribution in [0.25, 0.3) is 0 Å². The van der Waals surface area contributed by atoms with Crippen LogP contribution in [-0.2, 0) is 28.3 Å². The maximum atomic E-state index is 14.3. The van der Waals surface area contributed by atoms with Crippen LogP contribution in [0.2, 0.25) is 5.02 Å². The molecule has 0 fully saturated rings. The molecule has 0 saturated heterocycles. The van der Waals surface area contributed by atoms with Gasteiger partial charge in [0.05, 0.1) is 12.9 Å². The standard InChI is InChI=1S/C30H34ClFN2O3S/c1-4-21(2)33-30(36)28(17-22-10-6-5-7-11-22)34(18-23-12-8-13-24(16-23)37-3)29(35)20-38-19-25-26(31)14-9-15-27(25)32/h5-16,21,28H,4,17-20H2,1-3H3,(H,33,36)/t21-,28-/m1/s1. The van der Waals surface area contributed by atoms with Crippen molar-refractivity contribution in [2.45, 2.75) is 51.1 Å². The number of amides is 2. The molecule has 2 amide bonds. The molecule has 0 heterocycles. The number of halogens is 2. The topological polar surface area (TPSA) is 58.6 Å². The van der Waals surface area contributed by atoms with Gasteiger partial charge < -0.3 is 15.0 Å². The third-order valence-corrected chi connectivity index (χ3v) is 7.59. The van der Waals surface area contributed by atoms with Crippen molar-refractivity contribution in [3.8, 4) is 5.75 Å². The number of thioether (sulfide) groups is 1. The first kappa shape index (κ1) is 29.5. The summed E-state index contributed by atoms with van der Waals surface area (Å²) in [6.07, 6.45) is 1.13. The zero-order valence-corrected chi connectivity index (χ0v) is 23.5. The Bertz CT molecular complexity index is 1190. The minimum atomic E-state index is -0.734. The first-order chi connectivity index (χ1) is 18.3. The molecule has 8 heteroatoms. The summed E-state index contributed by atoms with van der Waals surface area (Å²) in [6, 6.07) is 20.9. The van der Waals surface area contributed by atoms with E-state index in [1.165, 1.54) is 17.8 Å². The molecule has 0 aliphatic heterocycles. The lowest BCUT2D eigenvalue weighted by molar-refractivity contribution is -0.139. The van der Waals surface area contributed by atoms with Gasteiger partial charge in [-0.15, -0.1) is 11.8 Å². The van der Waals surface area contributed by atoms with Gasteiger partial charge in [0.2, 0.25) is 11.8 Å². The molecular weight excluding hydrogens is 523 g/mol. The number of nitrogens with one attached hydrogen (secondary N) is 1. The lowest BCUT2D eigenvalue weighted by Crippen LogP contribution is -2.52. The smallest absolute Gasteiger partial charge is 0.243 e. The minimum Gasteiger partial charge on any atom is -0.497 e. The van der Waals surface area contributed by atoms with Crippen molar-refractivity contribution in [1.82, 2.24) is 10.2 Å². The predicted octanol–water partition coefficient (Wildman–Crippen LogP) is 6.28. The normalized spacial score (nSPS) is 12.4. The Morgan fingerprint density at radius 1 is 1.05 bits per heavy atom. The number of nitrogens with zero attached hydrogens (tertiary/aromatic N) is 1. The molecule has 0 aliphatic rings. The van der Waals surface area contributed by atoms with Crippen LogP contribution in [0.5, 0.6) is 5.75 Å². The van der Waals surface area contributed by atoms with Crippen LogP contribution in [0.15, 0.2) is 72.8 Å². The van der Waals surface area contributed by atoms with Crippen molar-refractivity contribution in [3.05, 3.63) is 100 Å². The van der Waals surface area contributed by atoms with E-state index in [0.717, 1.165) is 17.5 Å². The van der Waals surface area contributed by atoms with E-state index in [9.17, 15) is 14.0 Å². The summed E-state index contributed by atoms with van der Waals surface area (Å²) in [4.78, 5) is 28.9. The van der Waals surface area contributed by atoms with Gasteiger partial charge in [0.15, 0.2) is 0 Å². The van der Waals surface area contributed by atoms with Crippen LogP contribution >= 0.6 is 23.4 Å². The summed E-state index contributed by atoms with van der Waals surface area (Å²) in [5, 5.41) is 3.39. The molecular formula is C30H34ClFN2O3S. The molecule has 3 rings (SSSR count). The first-order valence-corrected chi connectivity index (χ1v) is 14.1. The van der Waals surface area contributed by atoms with Gasteiger partial charge in [-0.1, -0.05) is 67.1 Å². The molecule has 0 bridgehead atoms. The Hall–Kier alpha value is -3.03. The zero-order chi connectivity index (χ0) is 27.5. The predicted molar refractivity (Wildman–Crippen MR) is 153 cm³/mol. The Morgan fingerprint density at radius 2 is 1.76 bits per heavy atom. The molecule has 2 atom stereocenters. The number of methoxy groups -OCH3 is 1. The van der Waals surface area contributed by atoms with Crippen LogP contribution in [-0.4, -0.2) is 41.7 Å². The summed E-state index contributed by atoms with van der Waals surface area (Å²) >= 11 is 7.45. The van der Waals surface area contributed by atoms with Crippen molar-refractivity contribution < 1.29 is 18.7 Å². The maximum Gasteiger partial charge on any atom is 0.243 e. The van der Waals surface area contributed by atoms with Crippen LogP contribution < -0.4 is 10.1 Å². The third kappa shape index (κ3) is 8.50. The highest BCUT2D eigenvalue weighted by Gasteiger charge is 2.31. The Kier molecular flexibility index (Phi) is 11.5. The van der Waals surface area contributed by atoms with Crippen LogP contribution in [0, 0.1) is 5.82 Å². The van der Waals surface area contributed by atoms with Crippen molar-refractivity contribution >= 4 is 35.2 Å². The van der Waals surface area contributed by atoms with Gasteiger partial charge in [-0.3, -0.25) is 9.59 Å². The summed E-state index contributed by atoms with van der Waals surface area (Å²) in [5.74, 6) is 0.151. The molecule has 5 nitrogen and oxygen atoms in total. The summed E-state index contributed by atoms with van der Waals surface area (Å²) in [5.41, 5.74) is 2.15. The largest absolute Gasteiger partial charge is 0.497 e. The molecule has 0 aliphatic carbocycles. The molecule has 202 valence electrons.